The van der Waals surface area contributed by atoms with E-state index in [0.717, 1.165) is 6.42 Å². The van der Waals surface area contributed by atoms with Gasteiger partial charge in [0, 0.05) is 11.1 Å². The fourth-order valence-electron chi connectivity index (χ4n) is 1.75. The van der Waals surface area contributed by atoms with Crippen LogP contribution in [-0.4, -0.2) is 29.7 Å². The topological polar surface area (TPSA) is 75.6 Å². The molecular formula is C12H12BrNO4. The molecule has 0 unspecified atom stereocenters. The van der Waals surface area contributed by atoms with Gasteiger partial charge in [0.15, 0.2) is 0 Å². The van der Waals surface area contributed by atoms with Gasteiger partial charge in [0.05, 0.1) is 11.3 Å². The lowest BCUT2D eigenvalue weighted by Crippen LogP contribution is -2.27. The van der Waals surface area contributed by atoms with Gasteiger partial charge in [-0.3, -0.25) is 4.79 Å². The number of anilines is 1. The van der Waals surface area contributed by atoms with Crippen molar-refractivity contribution in [3.05, 3.63) is 28.2 Å². The molecule has 1 aromatic rings. The van der Waals surface area contributed by atoms with Gasteiger partial charge in [-0.1, -0.05) is 0 Å². The third-order valence-electron chi connectivity index (χ3n) is 2.69. The molecule has 1 heterocycles. The number of aromatic carboxylic acids is 1. The van der Waals surface area contributed by atoms with Crippen LogP contribution in [0.25, 0.3) is 0 Å². The van der Waals surface area contributed by atoms with Crippen molar-refractivity contribution in [2.45, 2.75) is 18.9 Å². The first-order valence-electron chi connectivity index (χ1n) is 5.53. The highest BCUT2D eigenvalue weighted by Gasteiger charge is 2.24. The quantitative estimate of drug-likeness (QED) is 0.897. The molecule has 0 spiro atoms. The fourth-order valence-corrected chi connectivity index (χ4v) is 2.10. The number of ether oxygens (including phenoxy) is 1. The van der Waals surface area contributed by atoms with Gasteiger partial charge >= 0.3 is 5.97 Å². The average Bonchev–Trinajstić information content (AvgIpc) is 2.85. The molecular weight excluding hydrogens is 302 g/mol. The summed E-state index contributed by atoms with van der Waals surface area (Å²) >= 11 is 3.27. The van der Waals surface area contributed by atoms with Crippen LogP contribution < -0.4 is 5.32 Å². The van der Waals surface area contributed by atoms with Crippen LogP contribution in [0.1, 0.15) is 23.2 Å². The van der Waals surface area contributed by atoms with Gasteiger partial charge < -0.3 is 15.2 Å². The van der Waals surface area contributed by atoms with Gasteiger partial charge in [0.1, 0.15) is 6.10 Å². The van der Waals surface area contributed by atoms with E-state index in [-0.39, 0.29) is 11.5 Å². The summed E-state index contributed by atoms with van der Waals surface area (Å²) in [7, 11) is 0. The Balaban J connectivity index is 2.14. The molecule has 2 N–H and O–H groups in total. The van der Waals surface area contributed by atoms with E-state index >= 15 is 0 Å². The van der Waals surface area contributed by atoms with E-state index in [1.807, 2.05) is 0 Å². The lowest BCUT2D eigenvalue weighted by molar-refractivity contribution is -0.124. The highest BCUT2D eigenvalue weighted by atomic mass is 79.9. The number of hydrogen-bond donors (Lipinski definition) is 2. The third-order valence-corrected chi connectivity index (χ3v) is 3.38. The molecule has 0 radical (unpaired) electrons. The Bertz CT molecular complexity index is 483. The van der Waals surface area contributed by atoms with Crippen LogP contribution in [-0.2, 0) is 9.53 Å². The second kappa shape index (κ2) is 5.49. The predicted molar refractivity (Wildman–Crippen MR) is 68.7 cm³/mol. The van der Waals surface area contributed by atoms with Crippen LogP contribution in [0, 0.1) is 0 Å². The molecule has 1 amide bonds. The summed E-state index contributed by atoms with van der Waals surface area (Å²) in [6.07, 6.45) is 1.13. The Hall–Kier alpha value is -1.40. The first-order valence-corrected chi connectivity index (χ1v) is 6.32. The van der Waals surface area contributed by atoms with Gasteiger partial charge in [-0.15, -0.1) is 0 Å². The molecule has 96 valence electrons. The fraction of sp³-hybridized carbons (Fsp3) is 0.333. The number of carboxylic acid groups (broad SMARTS) is 1. The zero-order valence-electron chi connectivity index (χ0n) is 9.48. The number of benzene rings is 1. The number of amides is 1. The molecule has 18 heavy (non-hydrogen) atoms. The molecule has 0 aliphatic carbocycles. The number of nitrogens with one attached hydrogen (secondary N) is 1. The normalized spacial score (nSPS) is 18.6. The van der Waals surface area contributed by atoms with Gasteiger partial charge in [-0.05, 0) is 47.0 Å². The Morgan fingerprint density at radius 3 is 2.83 bits per heavy atom. The Labute approximate surface area is 112 Å². The SMILES string of the molecule is O=C(O)c1ccc(Br)c(NC(=O)[C@H]2CCCO2)c1. The number of halogens is 1. The zero-order valence-corrected chi connectivity index (χ0v) is 11.1. The zero-order chi connectivity index (χ0) is 13.1. The van der Waals surface area contributed by atoms with Gasteiger partial charge in [0.25, 0.3) is 5.91 Å². The maximum Gasteiger partial charge on any atom is 0.335 e. The van der Waals surface area contributed by atoms with E-state index in [1.165, 1.54) is 12.1 Å². The molecule has 2 rings (SSSR count). The Morgan fingerprint density at radius 1 is 1.44 bits per heavy atom. The van der Waals surface area contributed by atoms with Crippen LogP contribution in [0.3, 0.4) is 0 Å². The van der Waals surface area contributed by atoms with Crippen molar-refractivity contribution in [3.8, 4) is 0 Å². The maximum absolute atomic E-state index is 11.8. The van der Waals surface area contributed by atoms with Crippen LogP contribution in [0.5, 0.6) is 0 Å². The van der Waals surface area contributed by atoms with Gasteiger partial charge in [-0.25, -0.2) is 4.79 Å². The molecule has 0 saturated carbocycles. The molecule has 0 aromatic heterocycles. The summed E-state index contributed by atoms with van der Waals surface area (Å²) in [6, 6.07) is 4.47. The van der Waals surface area contributed by atoms with Crippen LogP contribution in [0.4, 0.5) is 5.69 Å². The standard InChI is InChI=1S/C12H12BrNO4/c13-8-4-3-7(12(16)17)6-9(8)14-11(15)10-2-1-5-18-10/h3-4,6,10H,1-2,5H2,(H,14,15)(H,16,17)/t10-/m1/s1. The van der Waals surface area contributed by atoms with Crippen molar-refractivity contribution in [1.29, 1.82) is 0 Å². The van der Waals surface area contributed by atoms with Crippen LogP contribution >= 0.6 is 15.9 Å². The summed E-state index contributed by atoms with van der Waals surface area (Å²) in [5.41, 5.74) is 0.566. The summed E-state index contributed by atoms with van der Waals surface area (Å²) < 4.78 is 5.90. The highest BCUT2D eigenvalue weighted by molar-refractivity contribution is 9.10. The smallest absolute Gasteiger partial charge is 0.335 e. The largest absolute Gasteiger partial charge is 0.478 e. The number of carbonyl (C=O) groups excluding carboxylic acids is 1. The van der Waals surface area contributed by atoms with Crippen molar-refractivity contribution in [2.75, 3.05) is 11.9 Å². The van der Waals surface area contributed by atoms with Crippen molar-refractivity contribution >= 4 is 33.5 Å². The Morgan fingerprint density at radius 2 is 2.22 bits per heavy atom. The monoisotopic (exact) mass is 313 g/mol. The third kappa shape index (κ3) is 2.88. The first kappa shape index (κ1) is 13.0. The summed E-state index contributed by atoms with van der Waals surface area (Å²) in [5.74, 6) is -1.27. The molecule has 1 fully saturated rings. The van der Waals surface area contributed by atoms with Crippen molar-refractivity contribution < 1.29 is 19.4 Å². The maximum atomic E-state index is 11.8. The molecule has 1 aliphatic rings. The van der Waals surface area contributed by atoms with E-state index in [1.54, 1.807) is 6.07 Å². The number of rotatable bonds is 3. The predicted octanol–water partition coefficient (Wildman–Crippen LogP) is 2.26. The first-order chi connectivity index (χ1) is 8.58. The highest BCUT2D eigenvalue weighted by Crippen LogP contribution is 2.25. The summed E-state index contributed by atoms with van der Waals surface area (Å²) in [6.45, 7) is 0.592. The van der Waals surface area contributed by atoms with Crippen molar-refractivity contribution in [2.24, 2.45) is 0 Å². The second-order valence-corrected chi connectivity index (χ2v) is 4.85. The van der Waals surface area contributed by atoms with E-state index < -0.39 is 12.1 Å². The molecule has 0 bridgehead atoms. The Kier molecular flexibility index (Phi) is 3.98. The van der Waals surface area contributed by atoms with E-state index in [4.69, 9.17) is 9.84 Å². The number of carbonyl (C=O) groups is 2. The minimum absolute atomic E-state index is 0.126. The van der Waals surface area contributed by atoms with Gasteiger partial charge in [-0.2, -0.15) is 0 Å². The number of hydrogen-bond acceptors (Lipinski definition) is 3. The molecule has 1 aromatic carbocycles. The van der Waals surface area contributed by atoms with Crippen molar-refractivity contribution in [3.63, 3.8) is 0 Å². The summed E-state index contributed by atoms with van der Waals surface area (Å²) in [5, 5.41) is 11.6. The van der Waals surface area contributed by atoms with Crippen molar-refractivity contribution in [1.82, 2.24) is 0 Å². The average molecular weight is 314 g/mol. The molecule has 1 aliphatic heterocycles. The summed E-state index contributed by atoms with van der Waals surface area (Å²) in [4.78, 5) is 22.7. The van der Waals surface area contributed by atoms with E-state index in [2.05, 4.69) is 21.2 Å². The lowest BCUT2D eigenvalue weighted by Gasteiger charge is -2.12. The van der Waals surface area contributed by atoms with Crippen LogP contribution in [0.2, 0.25) is 0 Å². The van der Waals surface area contributed by atoms with E-state index in [9.17, 15) is 9.59 Å². The lowest BCUT2D eigenvalue weighted by atomic mass is 10.2. The number of carboxylic acids is 1. The molecule has 6 heteroatoms. The van der Waals surface area contributed by atoms with Crippen LogP contribution in [0.15, 0.2) is 22.7 Å². The second-order valence-electron chi connectivity index (χ2n) is 3.99. The minimum Gasteiger partial charge on any atom is -0.478 e. The van der Waals surface area contributed by atoms with Gasteiger partial charge in [0.2, 0.25) is 0 Å². The molecule has 1 atom stereocenters. The minimum atomic E-state index is -1.03. The van der Waals surface area contributed by atoms with E-state index in [0.29, 0.717) is 23.2 Å². The molecule has 1 saturated heterocycles. The molecule has 5 nitrogen and oxygen atoms in total.